The molecule has 1 aliphatic heterocycles. The van der Waals surface area contributed by atoms with E-state index in [4.69, 9.17) is 4.74 Å². The van der Waals surface area contributed by atoms with Crippen molar-refractivity contribution in [3.63, 3.8) is 0 Å². The molecule has 32 heavy (non-hydrogen) atoms. The third-order valence-corrected chi connectivity index (χ3v) is 6.37. The highest BCUT2D eigenvalue weighted by Crippen LogP contribution is 2.43. The number of benzene rings is 2. The van der Waals surface area contributed by atoms with E-state index in [0.29, 0.717) is 16.9 Å². The quantitative estimate of drug-likeness (QED) is 0.314. The first-order chi connectivity index (χ1) is 15.4. The van der Waals surface area contributed by atoms with Crippen molar-refractivity contribution in [3.05, 3.63) is 99.3 Å². The van der Waals surface area contributed by atoms with Gasteiger partial charge in [0.1, 0.15) is 11.5 Å². The molecule has 1 aliphatic rings. The number of nitrogens with zero attached hydrogens (tertiary/aromatic N) is 2. The van der Waals surface area contributed by atoms with Gasteiger partial charge in [-0.1, -0.05) is 46.3 Å². The Balaban J connectivity index is 1.91. The molecule has 0 aliphatic carbocycles. The van der Waals surface area contributed by atoms with Gasteiger partial charge in [-0.2, -0.15) is 0 Å². The van der Waals surface area contributed by atoms with Crippen LogP contribution in [0.3, 0.4) is 0 Å². The summed E-state index contributed by atoms with van der Waals surface area (Å²) in [5.41, 5.74) is 2.78. The van der Waals surface area contributed by atoms with Gasteiger partial charge in [0.05, 0.1) is 18.7 Å². The Morgan fingerprint density at radius 1 is 1.16 bits per heavy atom. The number of aliphatic hydroxyl groups is 1. The molecule has 6 nitrogen and oxygen atoms in total. The third-order valence-electron chi connectivity index (χ3n) is 5.48. The van der Waals surface area contributed by atoms with Crippen LogP contribution in [0.1, 0.15) is 28.3 Å². The highest BCUT2D eigenvalue weighted by Gasteiger charge is 2.47. The average Bonchev–Trinajstić information content (AvgIpc) is 3.05. The fourth-order valence-electron chi connectivity index (χ4n) is 3.89. The normalized spacial score (nSPS) is 17.6. The van der Waals surface area contributed by atoms with Crippen molar-refractivity contribution in [2.45, 2.75) is 19.5 Å². The number of halogens is 1. The largest absolute Gasteiger partial charge is 0.507 e. The van der Waals surface area contributed by atoms with Crippen molar-refractivity contribution in [2.75, 3.05) is 7.11 Å². The van der Waals surface area contributed by atoms with Crippen molar-refractivity contribution < 1.29 is 19.4 Å². The van der Waals surface area contributed by atoms with E-state index in [9.17, 15) is 14.7 Å². The summed E-state index contributed by atoms with van der Waals surface area (Å²) < 4.78 is 6.41. The van der Waals surface area contributed by atoms with Crippen LogP contribution in [-0.2, 0) is 16.1 Å². The zero-order valence-corrected chi connectivity index (χ0v) is 19.2. The third kappa shape index (κ3) is 3.91. The van der Waals surface area contributed by atoms with E-state index >= 15 is 0 Å². The first-order valence-electron chi connectivity index (χ1n) is 9.99. The molecule has 2 heterocycles. The minimum absolute atomic E-state index is 0.0325. The number of aromatic nitrogens is 1. The predicted molar refractivity (Wildman–Crippen MR) is 124 cm³/mol. The minimum atomic E-state index is -0.810. The van der Waals surface area contributed by atoms with Gasteiger partial charge in [0, 0.05) is 34.5 Å². The molecule has 1 amide bonds. The van der Waals surface area contributed by atoms with Crippen molar-refractivity contribution in [2.24, 2.45) is 0 Å². The monoisotopic (exact) mass is 492 g/mol. The lowest BCUT2D eigenvalue weighted by molar-refractivity contribution is -0.140. The lowest BCUT2D eigenvalue weighted by atomic mass is 9.94. The summed E-state index contributed by atoms with van der Waals surface area (Å²) in [5.74, 6) is -1.11. The number of methoxy groups -OCH3 is 1. The lowest BCUT2D eigenvalue weighted by Gasteiger charge is -2.26. The maximum atomic E-state index is 13.2. The highest BCUT2D eigenvalue weighted by atomic mass is 79.9. The van der Waals surface area contributed by atoms with E-state index in [1.807, 2.05) is 25.1 Å². The van der Waals surface area contributed by atoms with Crippen LogP contribution < -0.4 is 4.74 Å². The van der Waals surface area contributed by atoms with Gasteiger partial charge in [-0.15, -0.1) is 0 Å². The molecule has 7 heteroatoms. The number of likely N-dealkylation sites (tertiary alicyclic amines) is 1. The van der Waals surface area contributed by atoms with Gasteiger partial charge >= 0.3 is 0 Å². The summed E-state index contributed by atoms with van der Waals surface area (Å²) in [6.45, 7) is 2.05. The van der Waals surface area contributed by atoms with Crippen LogP contribution in [0.4, 0.5) is 0 Å². The molecular formula is C25H21BrN2O4. The Bertz CT molecular complexity index is 1220. The van der Waals surface area contributed by atoms with Crippen molar-refractivity contribution >= 4 is 33.4 Å². The van der Waals surface area contributed by atoms with E-state index in [0.717, 1.165) is 15.6 Å². The maximum absolute atomic E-state index is 13.2. The summed E-state index contributed by atoms with van der Waals surface area (Å²) in [6, 6.07) is 15.3. The number of pyridine rings is 1. The summed E-state index contributed by atoms with van der Waals surface area (Å²) in [4.78, 5) is 31.9. The zero-order valence-electron chi connectivity index (χ0n) is 17.6. The summed E-state index contributed by atoms with van der Waals surface area (Å²) in [5, 5.41) is 11.2. The van der Waals surface area contributed by atoms with Crippen molar-refractivity contribution in [3.8, 4) is 5.75 Å². The van der Waals surface area contributed by atoms with Crippen molar-refractivity contribution in [1.29, 1.82) is 0 Å². The van der Waals surface area contributed by atoms with E-state index in [2.05, 4.69) is 20.9 Å². The van der Waals surface area contributed by atoms with Crippen LogP contribution in [0.2, 0.25) is 0 Å². The Labute approximate surface area is 194 Å². The second-order valence-electron chi connectivity index (χ2n) is 7.49. The minimum Gasteiger partial charge on any atom is -0.507 e. The second kappa shape index (κ2) is 8.96. The molecular weight excluding hydrogens is 472 g/mol. The number of carbonyl (C=O) groups is 2. The Morgan fingerprint density at radius 3 is 2.62 bits per heavy atom. The molecule has 0 saturated carbocycles. The Hall–Kier alpha value is -3.45. The number of carbonyl (C=O) groups excluding carboxylic acids is 2. The van der Waals surface area contributed by atoms with Crippen LogP contribution in [0, 0.1) is 6.92 Å². The molecule has 1 atom stereocenters. The van der Waals surface area contributed by atoms with E-state index in [1.165, 1.54) is 12.0 Å². The first kappa shape index (κ1) is 21.8. The SMILES string of the molecule is COc1ccccc1C1/C(=C(\O)c2ccc(Br)c(C)c2)C(=O)C(=O)N1Cc1cccnc1. The molecule has 1 N–H and O–H groups in total. The lowest BCUT2D eigenvalue weighted by Crippen LogP contribution is -2.29. The standard InChI is InChI=1S/C25H21BrN2O4/c1-15-12-17(9-10-19(15)26)23(29)21-22(18-7-3-4-8-20(18)32-2)28(25(31)24(21)30)14-16-6-5-11-27-13-16/h3-13,22,29H,14H2,1-2H3/b23-21+. The number of aliphatic hydroxyl groups excluding tert-OH is 1. The number of rotatable bonds is 5. The number of Topliss-reactive ketones (excluding diaryl/α,β-unsaturated/α-hetero) is 1. The van der Waals surface area contributed by atoms with Gasteiger partial charge in [0.15, 0.2) is 0 Å². The second-order valence-corrected chi connectivity index (χ2v) is 8.35. The number of para-hydroxylation sites is 1. The van der Waals surface area contributed by atoms with Gasteiger partial charge in [0.25, 0.3) is 11.7 Å². The van der Waals surface area contributed by atoms with Crippen molar-refractivity contribution in [1.82, 2.24) is 9.88 Å². The molecule has 162 valence electrons. The molecule has 4 rings (SSSR count). The number of hydrogen-bond acceptors (Lipinski definition) is 5. The van der Waals surface area contributed by atoms with Gasteiger partial charge in [0.2, 0.25) is 0 Å². The molecule has 1 aromatic heterocycles. The van der Waals surface area contributed by atoms with E-state index < -0.39 is 17.7 Å². The van der Waals surface area contributed by atoms with Gasteiger partial charge < -0.3 is 14.7 Å². The van der Waals surface area contributed by atoms with Crippen LogP contribution in [0.15, 0.2) is 77.0 Å². The Kier molecular flexibility index (Phi) is 6.10. The van der Waals surface area contributed by atoms with Gasteiger partial charge in [-0.25, -0.2) is 0 Å². The predicted octanol–water partition coefficient (Wildman–Crippen LogP) is 4.78. The van der Waals surface area contributed by atoms with Crippen LogP contribution in [0.25, 0.3) is 5.76 Å². The molecule has 1 fully saturated rings. The number of ether oxygens (including phenoxy) is 1. The average molecular weight is 493 g/mol. The number of aryl methyl sites for hydroxylation is 1. The molecule has 0 spiro atoms. The first-order valence-corrected chi connectivity index (χ1v) is 10.8. The molecule has 0 bridgehead atoms. The Morgan fingerprint density at radius 2 is 1.94 bits per heavy atom. The number of hydrogen-bond donors (Lipinski definition) is 1. The molecule has 0 radical (unpaired) electrons. The molecule has 1 unspecified atom stereocenters. The van der Waals surface area contributed by atoms with E-state index in [1.54, 1.807) is 48.8 Å². The van der Waals surface area contributed by atoms with Gasteiger partial charge in [-0.05, 0) is 42.3 Å². The summed E-state index contributed by atoms with van der Waals surface area (Å²) >= 11 is 3.45. The van der Waals surface area contributed by atoms with Crippen LogP contribution in [0.5, 0.6) is 5.75 Å². The number of amides is 1. The smallest absolute Gasteiger partial charge is 0.295 e. The maximum Gasteiger partial charge on any atom is 0.295 e. The van der Waals surface area contributed by atoms with Gasteiger partial charge in [-0.3, -0.25) is 14.6 Å². The van der Waals surface area contributed by atoms with E-state index in [-0.39, 0.29) is 17.9 Å². The summed E-state index contributed by atoms with van der Waals surface area (Å²) in [7, 11) is 1.53. The summed E-state index contributed by atoms with van der Waals surface area (Å²) in [6.07, 6.45) is 3.29. The molecule has 2 aromatic carbocycles. The topological polar surface area (TPSA) is 79.7 Å². The highest BCUT2D eigenvalue weighted by molar-refractivity contribution is 9.10. The zero-order chi connectivity index (χ0) is 22.8. The molecule has 1 saturated heterocycles. The van der Waals surface area contributed by atoms with Crippen LogP contribution in [-0.4, -0.2) is 33.8 Å². The number of ketones is 1. The fourth-order valence-corrected chi connectivity index (χ4v) is 4.14. The molecule has 3 aromatic rings. The van der Waals surface area contributed by atoms with Crippen LogP contribution >= 0.6 is 15.9 Å². The fraction of sp³-hybridized carbons (Fsp3) is 0.160.